The fraction of sp³-hybridized carbons (Fsp3) is 0.562. The molecule has 0 spiro atoms. The van der Waals surface area contributed by atoms with Gasteiger partial charge in [-0.05, 0) is 31.5 Å². The summed E-state index contributed by atoms with van der Waals surface area (Å²) in [7, 11) is 1.41. The van der Waals surface area contributed by atoms with Crippen molar-refractivity contribution in [2.45, 2.75) is 31.5 Å². The average Bonchev–Trinajstić information content (AvgIpc) is 2.53. The maximum atomic E-state index is 11.6. The molecule has 0 radical (unpaired) electrons. The van der Waals surface area contributed by atoms with Gasteiger partial charge in [0, 0.05) is 0 Å². The van der Waals surface area contributed by atoms with E-state index in [-0.39, 0.29) is 19.2 Å². The largest absolute Gasteiger partial charge is 0.469 e. The number of carbonyl (C=O) groups excluding carboxylic acids is 1. The lowest BCUT2D eigenvalue weighted by atomic mass is 9.89. The molecule has 1 fully saturated rings. The fourth-order valence-corrected chi connectivity index (χ4v) is 2.49. The van der Waals surface area contributed by atoms with E-state index in [2.05, 4.69) is 5.32 Å². The number of hydrogen-bond donors (Lipinski definition) is 1. The molecule has 5 nitrogen and oxygen atoms in total. The molecule has 1 aromatic carbocycles. The molecule has 0 aliphatic carbocycles. The van der Waals surface area contributed by atoms with Crippen molar-refractivity contribution in [3.05, 3.63) is 35.9 Å². The minimum atomic E-state index is -0.463. The lowest BCUT2D eigenvalue weighted by Crippen LogP contribution is -2.46. The Bertz CT molecular complexity index is 429. The lowest BCUT2D eigenvalue weighted by molar-refractivity contribution is -0.174. The molecule has 0 saturated carbocycles. The number of esters is 1. The van der Waals surface area contributed by atoms with Gasteiger partial charge in [-0.2, -0.15) is 0 Å². The molecule has 0 atom stereocenters. The first-order valence-corrected chi connectivity index (χ1v) is 7.27. The van der Waals surface area contributed by atoms with Crippen molar-refractivity contribution in [2.24, 2.45) is 0 Å². The highest BCUT2D eigenvalue weighted by atomic mass is 16.7. The highest BCUT2D eigenvalue weighted by Crippen LogP contribution is 2.27. The Kier molecular flexibility index (Phi) is 6.17. The average molecular weight is 293 g/mol. The third-order valence-electron chi connectivity index (χ3n) is 3.77. The SMILES string of the molecule is COC(=O)CC1(OCOCc2ccccc2)CCNCC1. The molecule has 1 aliphatic heterocycles. The smallest absolute Gasteiger partial charge is 0.308 e. The Labute approximate surface area is 125 Å². The van der Waals surface area contributed by atoms with E-state index in [9.17, 15) is 4.79 Å². The summed E-state index contributed by atoms with van der Waals surface area (Å²) in [5.41, 5.74) is 0.642. The predicted octanol–water partition coefficient (Wildman–Crippen LogP) is 1.86. The van der Waals surface area contributed by atoms with Crippen LogP contribution in [-0.2, 0) is 25.6 Å². The van der Waals surface area contributed by atoms with Gasteiger partial charge in [-0.3, -0.25) is 4.79 Å². The van der Waals surface area contributed by atoms with E-state index in [4.69, 9.17) is 14.2 Å². The van der Waals surface area contributed by atoms with Crippen LogP contribution in [0.25, 0.3) is 0 Å². The number of nitrogens with one attached hydrogen (secondary N) is 1. The van der Waals surface area contributed by atoms with Gasteiger partial charge < -0.3 is 19.5 Å². The second-order valence-electron chi connectivity index (χ2n) is 5.28. The van der Waals surface area contributed by atoms with Gasteiger partial charge in [0.1, 0.15) is 6.79 Å². The van der Waals surface area contributed by atoms with Crippen LogP contribution in [0.4, 0.5) is 0 Å². The molecule has 0 bridgehead atoms. The summed E-state index contributed by atoms with van der Waals surface area (Å²) in [5.74, 6) is -0.236. The summed E-state index contributed by atoms with van der Waals surface area (Å²) in [5, 5.41) is 3.27. The van der Waals surface area contributed by atoms with Crippen LogP contribution in [0.1, 0.15) is 24.8 Å². The van der Waals surface area contributed by atoms with Crippen LogP contribution in [0.15, 0.2) is 30.3 Å². The van der Waals surface area contributed by atoms with Crippen LogP contribution in [0.3, 0.4) is 0 Å². The van der Waals surface area contributed by atoms with Crippen molar-refractivity contribution in [2.75, 3.05) is 27.0 Å². The van der Waals surface area contributed by atoms with E-state index >= 15 is 0 Å². The zero-order valence-electron chi connectivity index (χ0n) is 12.5. The monoisotopic (exact) mass is 293 g/mol. The summed E-state index contributed by atoms with van der Waals surface area (Å²) < 4.78 is 16.2. The van der Waals surface area contributed by atoms with Gasteiger partial charge in [0.2, 0.25) is 0 Å². The van der Waals surface area contributed by atoms with Gasteiger partial charge in [0.05, 0.1) is 25.7 Å². The number of carbonyl (C=O) groups is 1. The van der Waals surface area contributed by atoms with E-state index in [0.29, 0.717) is 6.61 Å². The summed E-state index contributed by atoms with van der Waals surface area (Å²) in [6.45, 7) is 2.38. The Morgan fingerprint density at radius 3 is 2.62 bits per heavy atom. The molecule has 0 aromatic heterocycles. The van der Waals surface area contributed by atoms with Crippen LogP contribution in [0.5, 0.6) is 0 Å². The molecule has 0 amide bonds. The first-order chi connectivity index (χ1) is 10.2. The molecular weight excluding hydrogens is 270 g/mol. The van der Waals surface area contributed by atoms with Crippen LogP contribution in [0, 0.1) is 0 Å². The number of piperidine rings is 1. The Morgan fingerprint density at radius 2 is 1.95 bits per heavy atom. The number of rotatable bonds is 7. The molecule has 1 heterocycles. The minimum Gasteiger partial charge on any atom is -0.469 e. The van der Waals surface area contributed by atoms with Crippen LogP contribution >= 0.6 is 0 Å². The summed E-state index contributed by atoms with van der Waals surface area (Å²) >= 11 is 0. The minimum absolute atomic E-state index is 0.186. The molecule has 21 heavy (non-hydrogen) atoms. The third kappa shape index (κ3) is 5.12. The van der Waals surface area contributed by atoms with Crippen molar-refractivity contribution in [3.63, 3.8) is 0 Å². The number of benzene rings is 1. The third-order valence-corrected chi connectivity index (χ3v) is 3.77. The Morgan fingerprint density at radius 1 is 1.24 bits per heavy atom. The molecular formula is C16H23NO4. The van der Waals surface area contributed by atoms with Gasteiger partial charge in [-0.1, -0.05) is 30.3 Å². The highest BCUT2D eigenvalue weighted by molar-refractivity contribution is 5.70. The quantitative estimate of drug-likeness (QED) is 0.472. The number of hydrogen-bond acceptors (Lipinski definition) is 5. The van der Waals surface area contributed by atoms with E-state index in [0.717, 1.165) is 31.5 Å². The molecule has 5 heteroatoms. The summed E-state index contributed by atoms with van der Waals surface area (Å²) in [6.07, 6.45) is 1.85. The van der Waals surface area contributed by atoms with Crippen molar-refractivity contribution in [3.8, 4) is 0 Å². The number of ether oxygens (including phenoxy) is 3. The van der Waals surface area contributed by atoms with Crippen molar-refractivity contribution >= 4 is 5.97 Å². The molecule has 1 aliphatic rings. The van der Waals surface area contributed by atoms with Gasteiger partial charge in [0.25, 0.3) is 0 Å². The molecule has 2 rings (SSSR count). The van der Waals surface area contributed by atoms with E-state index in [1.54, 1.807) is 0 Å². The summed E-state index contributed by atoms with van der Waals surface area (Å²) in [6, 6.07) is 9.94. The van der Waals surface area contributed by atoms with Crippen LogP contribution in [-0.4, -0.2) is 38.6 Å². The van der Waals surface area contributed by atoms with Crippen LogP contribution < -0.4 is 5.32 Å². The van der Waals surface area contributed by atoms with Gasteiger partial charge >= 0.3 is 5.97 Å². The highest BCUT2D eigenvalue weighted by Gasteiger charge is 2.36. The molecule has 116 valence electrons. The fourth-order valence-electron chi connectivity index (χ4n) is 2.49. The molecule has 1 aromatic rings. The first-order valence-electron chi connectivity index (χ1n) is 7.27. The zero-order chi connectivity index (χ0) is 15.0. The van der Waals surface area contributed by atoms with Crippen LogP contribution in [0.2, 0.25) is 0 Å². The molecule has 0 unspecified atom stereocenters. The van der Waals surface area contributed by atoms with Crippen molar-refractivity contribution < 1.29 is 19.0 Å². The van der Waals surface area contributed by atoms with E-state index in [1.807, 2.05) is 30.3 Å². The topological polar surface area (TPSA) is 56.8 Å². The van der Waals surface area contributed by atoms with E-state index in [1.165, 1.54) is 7.11 Å². The standard InChI is InChI=1S/C16H23NO4/c1-19-15(18)11-16(7-9-17-10-8-16)21-13-20-12-14-5-3-2-4-6-14/h2-6,17H,7-13H2,1H3. The van der Waals surface area contributed by atoms with E-state index < -0.39 is 5.60 Å². The zero-order valence-corrected chi connectivity index (χ0v) is 12.5. The van der Waals surface area contributed by atoms with Crippen molar-refractivity contribution in [1.29, 1.82) is 0 Å². The van der Waals surface area contributed by atoms with Gasteiger partial charge in [-0.15, -0.1) is 0 Å². The molecule has 1 saturated heterocycles. The molecule has 1 N–H and O–H groups in total. The van der Waals surface area contributed by atoms with Crippen molar-refractivity contribution in [1.82, 2.24) is 5.32 Å². The Hall–Kier alpha value is -1.43. The number of methoxy groups -OCH3 is 1. The maximum absolute atomic E-state index is 11.6. The van der Waals surface area contributed by atoms with Gasteiger partial charge in [-0.25, -0.2) is 0 Å². The summed E-state index contributed by atoms with van der Waals surface area (Å²) in [4.78, 5) is 11.6. The maximum Gasteiger partial charge on any atom is 0.308 e. The lowest BCUT2D eigenvalue weighted by Gasteiger charge is -2.36. The Balaban J connectivity index is 1.80. The van der Waals surface area contributed by atoms with Gasteiger partial charge in [0.15, 0.2) is 0 Å². The normalized spacial score (nSPS) is 17.4. The second-order valence-corrected chi connectivity index (χ2v) is 5.28. The predicted molar refractivity (Wildman–Crippen MR) is 78.7 cm³/mol. The second kappa shape index (κ2) is 8.12. The first kappa shape index (κ1) is 15.9.